The first-order valence-corrected chi connectivity index (χ1v) is 11.8. The highest BCUT2D eigenvalue weighted by atomic mass is 32.2. The second-order valence-electron chi connectivity index (χ2n) is 7.83. The van der Waals surface area contributed by atoms with Crippen LogP contribution in [0.2, 0.25) is 0 Å². The van der Waals surface area contributed by atoms with Crippen LogP contribution < -0.4 is 16.0 Å². The first-order chi connectivity index (χ1) is 14.0. The predicted molar refractivity (Wildman–Crippen MR) is 111 cm³/mol. The van der Waals surface area contributed by atoms with Gasteiger partial charge in [0.2, 0.25) is 10.0 Å². The number of piperazine rings is 1. The topological polar surface area (TPSA) is 97.0 Å². The fourth-order valence-electron chi connectivity index (χ4n) is 4.23. The quantitative estimate of drug-likeness (QED) is 0.639. The van der Waals surface area contributed by atoms with E-state index in [1.807, 2.05) is 0 Å². The Morgan fingerprint density at radius 3 is 2.28 bits per heavy atom. The zero-order valence-electron chi connectivity index (χ0n) is 16.8. The van der Waals surface area contributed by atoms with Crippen LogP contribution in [-0.2, 0) is 10.0 Å². The summed E-state index contributed by atoms with van der Waals surface area (Å²) in [6.07, 6.45) is 3.63. The van der Waals surface area contributed by atoms with Gasteiger partial charge in [-0.15, -0.1) is 0 Å². The fourth-order valence-corrected chi connectivity index (χ4v) is 5.78. The van der Waals surface area contributed by atoms with E-state index >= 15 is 0 Å². The van der Waals surface area contributed by atoms with Gasteiger partial charge in [0.15, 0.2) is 0 Å². The summed E-state index contributed by atoms with van der Waals surface area (Å²) < 4.78 is 28.1. The lowest BCUT2D eigenvalue weighted by Gasteiger charge is -2.45. The van der Waals surface area contributed by atoms with Gasteiger partial charge >= 0.3 is 6.03 Å². The number of sulfonamides is 1. The Morgan fingerprint density at radius 1 is 1.03 bits per heavy atom. The fraction of sp³-hybridized carbons (Fsp3) is 0.632. The van der Waals surface area contributed by atoms with E-state index in [0.29, 0.717) is 18.8 Å². The average Bonchev–Trinajstić information content (AvgIpc) is 3.18. The molecule has 2 heterocycles. The highest BCUT2D eigenvalue weighted by molar-refractivity contribution is 7.89. The van der Waals surface area contributed by atoms with Crippen molar-refractivity contribution < 1.29 is 13.2 Å². The largest absolute Gasteiger partial charge is 0.341 e. The molecule has 9 nitrogen and oxygen atoms in total. The molecule has 160 valence electrons. The summed E-state index contributed by atoms with van der Waals surface area (Å²) in [5.41, 5.74) is 0.548. The van der Waals surface area contributed by atoms with E-state index in [1.165, 1.54) is 26.3 Å². The molecule has 1 aromatic rings. The van der Waals surface area contributed by atoms with E-state index in [9.17, 15) is 13.2 Å². The van der Waals surface area contributed by atoms with Crippen LogP contribution in [0.1, 0.15) is 19.3 Å². The van der Waals surface area contributed by atoms with Crippen LogP contribution in [0.4, 0.5) is 10.5 Å². The van der Waals surface area contributed by atoms with Gasteiger partial charge in [-0.2, -0.15) is 4.31 Å². The molecular weight excluding hydrogens is 392 g/mol. The van der Waals surface area contributed by atoms with Crippen LogP contribution in [0.25, 0.3) is 0 Å². The van der Waals surface area contributed by atoms with E-state index in [-0.39, 0.29) is 17.2 Å². The van der Waals surface area contributed by atoms with E-state index in [1.54, 1.807) is 28.6 Å². The lowest BCUT2D eigenvalue weighted by atomic mass is 9.91. The molecule has 1 aliphatic carbocycles. The lowest BCUT2D eigenvalue weighted by Crippen LogP contribution is -2.60. The lowest BCUT2D eigenvalue weighted by molar-refractivity contribution is 0.0170. The van der Waals surface area contributed by atoms with Gasteiger partial charge in [-0.05, 0) is 37.1 Å². The van der Waals surface area contributed by atoms with E-state index in [4.69, 9.17) is 0 Å². The molecule has 29 heavy (non-hydrogen) atoms. The maximum absolute atomic E-state index is 13.3. The third-order valence-corrected chi connectivity index (χ3v) is 8.03. The Morgan fingerprint density at radius 2 is 1.69 bits per heavy atom. The van der Waals surface area contributed by atoms with Crippen molar-refractivity contribution in [2.75, 3.05) is 51.6 Å². The molecule has 0 spiro atoms. The van der Waals surface area contributed by atoms with Gasteiger partial charge in [0.1, 0.15) is 6.29 Å². The average molecular weight is 423 g/mol. The van der Waals surface area contributed by atoms with Crippen LogP contribution in [-0.4, -0.2) is 87.2 Å². The second-order valence-corrected chi connectivity index (χ2v) is 9.72. The van der Waals surface area contributed by atoms with Crippen LogP contribution in [0.5, 0.6) is 0 Å². The highest BCUT2D eigenvalue weighted by Crippen LogP contribution is 2.27. The summed E-state index contributed by atoms with van der Waals surface area (Å²) >= 11 is 0. The van der Waals surface area contributed by atoms with Gasteiger partial charge < -0.3 is 10.6 Å². The van der Waals surface area contributed by atoms with Gasteiger partial charge in [0.25, 0.3) is 0 Å². The maximum Gasteiger partial charge on any atom is 0.318 e. The van der Waals surface area contributed by atoms with E-state index < -0.39 is 10.0 Å². The standard InChI is InChI=1S/C19H30N6O3S/c1-20-18(26)22-15-5-7-17(8-6-15)29(27,28)25-10-9-21-19(25)24-13-11-23(12-14-24)16-3-2-4-16/h5-8,16,19,21H,2-4,9-14H2,1H3,(H2,20,22,26). The number of hydrogen-bond donors (Lipinski definition) is 3. The number of rotatable bonds is 5. The molecule has 0 bridgehead atoms. The number of urea groups is 1. The first kappa shape index (κ1) is 20.5. The summed E-state index contributed by atoms with van der Waals surface area (Å²) in [6.45, 7) is 4.83. The number of nitrogens with one attached hydrogen (secondary N) is 3. The molecule has 2 amide bonds. The Balaban J connectivity index is 1.42. The zero-order valence-corrected chi connectivity index (χ0v) is 17.6. The molecule has 3 aliphatic rings. The SMILES string of the molecule is CNC(=O)Nc1ccc(S(=O)(=O)N2CCNC2N2CCN(C3CCC3)CC2)cc1. The van der Waals surface area contributed by atoms with Gasteiger partial charge in [0.05, 0.1) is 4.90 Å². The molecule has 2 aliphatic heterocycles. The molecule has 3 fully saturated rings. The normalized spacial score (nSPS) is 24.9. The number of anilines is 1. The molecule has 1 atom stereocenters. The number of nitrogens with zero attached hydrogens (tertiary/aromatic N) is 3. The van der Waals surface area contributed by atoms with Gasteiger partial charge in [-0.25, -0.2) is 13.2 Å². The first-order valence-electron chi connectivity index (χ1n) is 10.3. The number of carbonyl (C=O) groups excluding carboxylic acids is 1. The maximum atomic E-state index is 13.3. The van der Waals surface area contributed by atoms with Crippen molar-refractivity contribution in [3.8, 4) is 0 Å². The zero-order chi connectivity index (χ0) is 20.4. The van der Waals surface area contributed by atoms with Crippen LogP contribution in [0.15, 0.2) is 29.2 Å². The Kier molecular flexibility index (Phi) is 6.07. The number of amides is 2. The summed E-state index contributed by atoms with van der Waals surface area (Å²) in [5, 5.41) is 8.47. The van der Waals surface area contributed by atoms with Crippen molar-refractivity contribution in [1.82, 2.24) is 24.7 Å². The number of hydrogen-bond acceptors (Lipinski definition) is 6. The van der Waals surface area contributed by atoms with Crippen molar-refractivity contribution >= 4 is 21.7 Å². The summed E-state index contributed by atoms with van der Waals surface area (Å²) in [5.74, 6) is 0. The molecule has 1 saturated carbocycles. The molecule has 0 radical (unpaired) electrons. The minimum Gasteiger partial charge on any atom is -0.341 e. The van der Waals surface area contributed by atoms with Crippen LogP contribution in [0.3, 0.4) is 0 Å². The van der Waals surface area contributed by atoms with Gasteiger partial charge in [-0.1, -0.05) is 6.42 Å². The molecule has 10 heteroatoms. The Hall–Kier alpha value is -1.72. The van der Waals surface area contributed by atoms with E-state index in [2.05, 4.69) is 25.8 Å². The molecule has 2 saturated heterocycles. The molecule has 1 aromatic carbocycles. The van der Waals surface area contributed by atoms with E-state index in [0.717, 1.165) is 32.2 Å². The second kappa shape index (κ2) is 8.57. The monoisotopic (exact) mass is 422 g/mol. The van der Waals surface area contributed by atoms with Crippen molar-refractivity contribution in [1.29, 1.82) is 0 Å². The highest BCUT2D eigenvalue weighted by Gasteiger charge is 2.40. The van der Waals surface area contributed by atoms with Crippen molar-refractivity contribution in [3.05, 3.63) is 24.3 Å². The molecule has 0 aromatic heterocycles. The number of carbonyl (C=O) groups is 1. The van der Waals surface area contributed by atoms with Crippen molar-refractivity contribution in [2.24, 2.45) is 0 Å². The molecular formula is C19H30N6O3S. The Bertz CT molecular complexity index is 819. The summed E-state index contributed by atoms with van der Waals surface area (Å²) in [4.78, 5) is 16.4. The Labute approximate surface area is 172 Å². The summed E-state index contributed by atoms with van der Waals surface area (Å²) in [6, 6.07) is 6.70. The van der Waals surface area contributed by atoms with Crippen molar-refractivity contribution in [2.45, 2.75) is 36.5 Å². The van der Waals surface area contributed by atoms with Gasteiger partial charge in [0, 0.05) is 58.0 Å². The molecule has 1 unspecified atom stereocenters. The smallest absolute Gasteiger partial charge is 0.318 e. The van der Waals surface area contributed by atoms with Crippen LogP contribution in [0, 0.1) is 0 Å². The van der Waals surface area contributed by atoms with Crippen molar-refractivity contribution in [3.63, 3.8) is 0 Å². The number of benzene rings is 1. The van der Waals surface area contributed by atoms with Gasteiger partial charge in [-0.3, -0.25) is 15.1 Å². The molecule has 4 rings (SSSR count). The minimum absolute atomic E-state index is 0.238. The third-order valence-electron chi connectivity index (χ3n) is 6.16. The summed E-state index contributed by atoms with van der Waals surface area (Å²) in [7, 11) is -2.10. The molecule has 3 N–H and O–H groups in total. The predicted octanol–water partition coefficient (Wildman–Crippen LogP) is 0.486. The minimum atomic E-state index is -3.62. The third kappa shape index (κ3) is 4.26. The van der Waals surface area contributed by atoms with Crippen LogP contribution >= 0.6 is 0 Å².